The second-order valence-corrected chi connectivity index (χ2v) is 3.48. The van der Waals surface area contributed by atoms with Crippen LogP contribution in [0.4, 0.5) is 0 Å². The summed E-state index contributed by atoms with van der Waals surface area (Å²) < 4.78 is 0. The standard InChI is InChI=1S/C9H15N2/c1-2-7-11-9(4-1)5-3-6-10-8-9/h1,4,11H,2-3,5-8H2. The summed E-state index contributed by atoms with van der Waals surface area (Å²) in [6, 6.07) is 0. The van der Waals surface area contributed by atoms with Crippen LogP contribution >= 0.6 is 0 Å². The SMILES string of the molecule is C1=CC2(CCC[N]C2)NCC1. The first-order valence-corrected chi connectivity index (χ1v) is 4.47. The maximum atomic E-state index is 4.44. The molecule has 1 spiro atoms. The van der Waals surface area contributed by atoms with Gasteiger partial charge in [-0.3, -0.25) is 0 Å². The van der Waals surface area contributed by atoms with Crippen molar-refractivity contribution in [1.82, 2.24) is 10.6 Å². The van der Waals surface area contributed by atoms with Gasteiger partial charge in [0, 0.05) is 13.1 Å². The lowest BCUT2D eigenvalue weighted by Gasteiger charge is -2.37. The van der Waals surface area contributed by atoms with Crippen LogP contribution in [0.15, 0.2) is 12.2 Å². The van der Waals surface area contributed by atoms with E-state index in [9.17, 15) is 0 Å². The van der Waals surface area contributed by atoms with E-state index in [1.54, 1.807) is 0 Å². The van der Waals surface area contributed by atoms with Crippen LogP contribution in [0, 0.1) is 0 Å². The number of piperidine rings is 1. The van der Waals surface area contributed by atoms with Gasteiger partial charge in [0.15, 0.2) is 0 Å². The van der Waals surface area contributed by atoms with Gasteiger partial charge in [-0.2, -0.15) is 0 Å². The highest BCUT2D eigenvalue weighted by Crippen LogP contribution is 2.20. The highest BCUT2D eigenvalue weighted by atomic mass is 15.0. The summed E-state index contributed by atoms with van der Waals surface area (Å²) in [6.45, 7) is 3.19. The van der Waals surface area contributed by atoms with Crippen molar-refractivity contribution in [3.05, 3.63) is 12.2 Å². The van der Waals surface area contributed by atoms with Gasteiger partial charge in [-0.05, 0) is 25.8 Å². The molecule has 2 heterocycles. The van der Waals surface area contributed by atoms with E-state index >= 15 is 0 Å². The van der Waals surface area contributed by atoms with E-state index in [1.807, 2.05) is 0 Å². The maximum Gasteiger partial charge on any atom is 0.0508 e. The smallest absolute Gasteiger partial charge is 0.0508 e. The Kier molecular flexibility index (Phi) is 1.96. The maximum absolute atomic E-state index is 4.44. The molecule has 2 nitrogen and oxygen atoms in total. The zero-order chi connectivity index (χ0) is 7.57. The molecule has 1 fully saturated rings. The van der Waals surface area contributed by atoms with Crippen LogP contribution in [-0.4, -0.2) is 25.2 Å². The Bertz CT molecular complexity index is 157. The molecule has 0 aromatic carbocycles. The molecule has 0 aromatic heterocycles. The monoisotopic (exact) mass is 151 g/mol. The van der Waals surface area contributed by atoms with Gasteiger partial charge in [0.05, 0.1) is 5.54 Å². The van der Waals surface area contributed by atoms with Gasteiger partial charge in [0.25, 0.3) is 0 Å². The lowest BCUT2D eigenvalue weighted by atomic mass is 9.87. The minimum atomic E-state index is 0.260. The first kappa shape index (κ1) is 7.32. The fourth-order valence-electron chi connectivity index (χ4n) is 1.92. The van der Waals surface area contributed by atoms with Crippen LogP contribution in [0.1, 0.15) is 19.3 Å². The van der Waals surface area contributed by atoms with Gasteiger partial charge in [-0.25, -0.2) is 5.32 Å². The largest absolute Gasteiger partial charge is 0.306 e. The Labute approximate surface area is 68.1 Å². The van der Waals surface area contributed by atoms with E-state index in [0.29, 0.717) is 0 Å². The molecule has 0 saturated carbocycles. The van der Waals surface area contributed by atoms with Crippen molar-refractivity contribution < 1.29 is 0 Å². The van der Waals surface area contributed by atoms with Crippen LogP contribution in [0.25, 0.3) is 0 Å². The van der Waals surface area contributed by atoms with E-state index in [4.69, 9.17) is 0 Å². The second-order valence-electron chi connectivity index (χ2n) is 3.48. The lowest BCUT2D eigenvalue weighted by Crippen LogP contribution is -2.53. The predicted octanol–water partition coefficient (Wildman–Crippen LogP) is 0.673. The molecule has 2 aliphatic rings. The van der Waals surface area contributed by atoms with Gasteiger partial charge in [-0.1, -0.05) is 12.2 Å². The minimum Gasteiger partial charge on any atom is -0.306 e. The molecule has 0 bridgehead atoms. The van der Waals surface area contributed by atoms with Gasteiger partial charge in [-0.15, -0.1) is 0 Å². The molecule has 11 heavy (non-hydrogen) atoms. The molecule has 2 aliphatic heterocycles. The van der Waals surface area contributed by atoms with Crippen LogP contribution in [0.5, 0.6) is 0 Å². The molecule has 61 valence electrons. The number of hydrogen-bond donors (Lipinski definition) is 1. The molecule has 1 atom stereocenters. The Balaban J connectivity index is 2.06. The van der Waals surface area contributed by atoms with Crippen molar-refractivity contribution in [2.45, 2.75) is 24.8 Å². The third-order valence-corrected chi connectivity index (χ3v) is 2.56. The van der Waals surface area contributed by atoms with Crippen molar-refractivity contribution in [1.29, 1.82) is 0 Å². The Hall–Kier alpha value is -0.340. The quantitative estimate of drug-likeness (QED) is 0.506. The molecule has 1 N–H and O–H groups in total. The normalized spacial score (nSPS) is 37.8. The Morgan fingerprint density at radius 3 is 3.09 bits per heavy atom. The second kappa shape index (κ2) is 2.95. The predicted molar refractivity (Wildman–Crippen MR) is 45.6 cm³/mol. The van der Waals surface area contributed by atoms with E-state index in [2.05, 4.69) is 22.8 Å². The van der Waals surface area contributed by atoms with Crippen molar-refractivity contribution in [2.75, 3.05) is 19.6 Å². The molecule has 1 unspecified atom stereocenters. The van der Waals surface area contributed by atoms with Crippen LogP contribution < -0.4 is 10.6 Å². The highest BCUT2D eigenvalue weighted by molar-refractivity contribution is 5.12. The van der Waals surface area contributed by atoms with Crippen LogP contribution in [0.3, 0.4) is 0 Å². The summed E-state index contributed by atoms with van der Waals surface area (Å²) in [5, 5.41) is 7.99. The topological polar surface area (TPSA) is 26.1 Å². The van der Waals surface area contributed by atoms with E-state index in [1.165, 1.54) is 19.3 Å². The van der Waals surface area contributed by atoms with E-state index in [-0.39, 0.29) is 5.54 Å². The summed E-state index contributed by atoms with van der Waals surface area (Å²) in [5.41, 5.74) is 0.260. The van der Waals surface area contributed by atoms with Gasteiger partial charge in [0.2, 0.25) is 0 Å². The van der Waals surface area contributed by atoms with Gasteiger partial charge in [0.1, 0.15) is 0 Å². The molecule has 1 radical (unpaired) electrons. The summed E-state index contributed by atoms with van der Waals surface area (Å²) in [4.78, 5) is 0. The molecule has 2 heteroatoms. The van der Waals surface area contributed by atoms with E-state index in [0.717, 1.165) is 19.6 Å². The zero-order valence-electron chi connectivity index (χ0n) is 6.84. The first-order chi connectivity index (χ1) is 5.41. The zero-order valence-corrected chi connectivity index (χ0v) is 6.84. The fourth-order valence-corrected chi connectivity index (χ4v) is 1.92. The van der Waals surface area contributed by atoms with Crippen molar-refractivity contribution in [2.24, 2.45) is 0 Å². The first-order valence-electron chi connectivity index (χ1n) is 4.47. The van der Waals surface area contributed by atoms with Crippen LogP contribution in [0.2, 0.25) is 0 Å². The third kappa shape index (κ3) is 1.47. The molecule has 2 rings (SSSR count). The molecule has 0 aliphatic carbocycles. The van der Waals surface area contributed by atoms with E-state index < -0.39 is 0 Å². The number of hydrogen-bond acceptors (Lipinski definition) is 1. The summed E-state index contributed by atoms with van der Waals surface area (Å²) >= 11 is 0. The number of nitrogens with one attached hydrogen (secondary N) is 1. The van der Waals surface area contributed by atoms with Crippen LogP contribution in [-0.2, 0) is 0 Å². The Morgan fingerprint density at radius 1 is 1.45 bits per heavy atom. The summed E-state index contributed by atoms with van der Waals surface area (Å²) in [7, 11) is 0. The van der Waals surface area contributed by atoms with Gasteiger partial charge >= 0.3 is 0 Å². The third-order valence-electron chi connectivity index (χ3n) is 2.56. The molecular formula is C9H15N2. The Morgan fingerprint density at radius 2 is 2.45 bits per heavy atom. The number of nitrogens with zero attached hydrogens (tertiary/aromatic N) is 1. The fraction of sp³-hybridized carbons (Fsp3) is 0.778. The minimum absolute atomic E-state index is 0.260. The van der Waals surface area contributed by atoms with Gasteiger partial charge < -0.3 is 5.32 Å². The molecule has 0 aromatic rings. The average molecular weight is 151 g/mol. The van der Waals surface area contributed by atoms with Crippen molar-refractivity contribution >= 4 is 0 Å². The average Bonchev–Trinajstić information content (AvgIpc) is 2.07. The molecule has 0 amide bonds. The highest BCUT2D eigenvalue weighted by Gasteiger charge is 2.29. The van der Waals surface area contributed by atoms with Crippen molar-refractivity contribution in [3.8, 4) is 0 Å². The summed E-state index contributed by atoms with van der Waals surface area (Å²) in [5.74, 6) is 0. The molecular weight excluding hydrogens is 136 g/mol. The number of rotatable bonds is 0. The summed E-state index contributed by atoms with van der Waals surface area (Å²) in [6.07, 6.45) is 8.31. The molecule has 1 saturated heterocycles. The lowest BCUT2D eigenvalue weighted by molar-refractivity contribution is 0.297. The van der Waals surface area contributed by atoms with Crippen molar-refractivity contribution in [3.63, 3.8) is 0 Å².